The fraction of sp³-hybridized carbons (Fsp3) is 0.429. The Kier molecular flexibility index (Phi) is 2.78. The molecular weight excluding hydrogens is 242 g/mol. The molecule has 2 aliphatic heterocycles. The number of amides is 1. The molecule has 1 aromatic carbocycles. The maximum Gasteiger partial charge on any atom is 0.274 e. The summed E-state index contributed by atoms with van der Waals surface area (Å²) in [4.78, 5) is 18.8. The van der Waals surface area contributed by atoms with Crippen LogP contribution in [0.2, 0.25) is 0 Å². The number of rotatable bonds is 2. The minimum Gasteiger partial charge on any atom is -0.497 e. The zero-order valence-corrected chi connectivity index (χ0v) is 11.1. The summed E-state index contributed by atoms with van der Waals surface area (Å²) in [5, 5.41) is 3.28. The summed E-state index contributed by atoms with van der Waals surface area (Å²) < 4.78 is 5.13. The van der Waals surface area contributed by atoms with Crippen LogP contribution in [0.5, 0.6) is 5.75 Å². The van der Waals surface area contributed by atoms with Gasteiger partial charge in [-0.25, -0.2) is 4.99 Å². The van der Waals surface area contributed by atoms with Gasteiger partial charge in [0, 0.05) is 25.6 Å². The molecule has 2 heterocycles. The molecule has 0 saturated carbocycles. The van der Waals surface area contributed by atoms with Gasteiger partial charge in [-0.2, -0.15) is 0 Å². The lowest BCUT2D eigenvalue weighted by Crippen LogP contribution is -2.45. The predicted molar refractivity (Wildman–Crippen MR) is 72.5 cm³/mol. The van der Waals surface area contributed by atoms with Crippen molar-refractivity contribution in [1.29, 1.82) is 0 Å². The number of nitrogens with zero attached hydrogens (tertiary/aromatic N) is 2. The number of methoxy groups -OCH3 is 1. The average molecular weight is 259 g/mol. The number of hydrogen-bond donors (Lipinski definition) is 1. The summed E-state index contributed by atoms with van der Waals surface area (Å²) in [6.07, 6.45) is 0.870. The highest BCUT2D eigenvalue weighted by molar-refractivity contribution is 6.46. The third kappa shape index (κ3) is 1.81. The molecule has 0 bridgehead atoms. The molecule has 1 aromatic rings. The van der Waals surface area contributed by atoms with E-state index in [0.717, 1.165) is 30.8 Å². The van der Waals surface area contributed by atoms with E-state index in [1.165, 1.54) is 0 Å². The smallest absolute Gasteiger partial charge is 0.274 e. The fourth-order valence-corrected chi connectivity index (χ4v) is 2.66. The van der Waals surface area contributed by atoms with Crippen molar-refractivity contribution in [2.45, 2.75) is 12.1 Å². The standard InChI is InChI=1S/C14H17N3O2/c1-17-13(18)12(16-14(17)7-8-15-9-14)10-3-5-11(19-2)6-4-10/h3-6,15H,7-9H2,1-2H3/t14-/m0/s1. The molecule has 0 aromatic heterocycles. The van der Waals surface area contributed by atoms with E-state index in [4.69, 9.17) is 9.73 Å². The van der Waals surface area contributed by atoms with Crippen molar-refractivity contribution in [3.8, 4) is 5.75 Å². The molecule has 1 amide bonds. The first-order chi connectivity index (χ1) is 9.16. The van der Waals surface area contributed by atoms with Gasteiger partial charge in [0.1, 0.15) is 17.1 Å². The summed E-state index contributed by atoms with van der Waals surface area (Å²) in [5.74, 6) is 0.772. The molecular formula is C14H17N3O2. The Morgan fingerprint density at radius 1 is 1.37 bits per heavy atom. The van der Waals surface area contributed by atoms with E-state index in [1.807, 2.05) is 31.3 Å². The van der Waals surface area contributed by atoms with Gasteiger partial charge in [-0.15, -0.1) is 0 Å². The molecule has 19 heavy (non-hydrogen) atoms. The van der Waals surface area contributed by atoms with Crippen LogP contribution in [-0.4, -0.2) is 49.4 Å². The third-order valence-corrected chi connectivity index (χ3v) is 3.93. The second kappa shape index (κ2) is 4.35. The van der Waals surface area contributed by atoms with E-state index >= 15 is 0 Å². The number of nitrogens with one attached hydrogen (secondary N) is 1. The lowest BCUT2D eigenvalue weighted by molar-refractivity contribution is -0.125. The Hall–Kier alpha value is -1.88. The van der Waals surface area contributed by atoms with Gasteiger partial charge in [0.25, 0.3) is 5.91 Å². The second-order valence-electron chi connectivity index (χ2n) is 4.96. The molecule has 100 valence electrons. The maximum absolute atomic E-state index is 12.4. The largest absolute Gasteiger partial charge is 0.497 e. The van der Waals surface area contributed by atoms with Crippen LogP contribution in [0.3, 0.4) is 0 Å². The topological polar surface area (TPSA) is 53.9 Å². The zero-order valence-electron chi connectivity index (χ0n) is 11.1. The molecule has 0 unspecified atom stereocenters. The zero-order chi connectivity index (χ0) is 13.5. The Morgan fingerprint density at radius 3 is 2.68 bits per heavy atom. The molecule has 2 aliphatic rings. The highest BCUT2D eigenvalue weighted by Gasteiger charge is 2.46. The highest BCUT2D eigenvalue weighted by atomic mass is 16.5. The molecule has 5 heteroatoms. The first kappa shape index (κ1) is 12.2. The molecule has 1 atom stereocenters. The van der Waals surface area contributed by atoms with Gasteiger partial charge in [0.15, 0.2) is 0 Å². The van der Waals surface area contributed by atoms with E-state index in [-0.39, 0.29) is 11.6 Å². The minimum atomic E-state index is -0.383. The van der Waals surface area contributed by atoms with Gasteiger partial charge in [-0.3, -0.25) is 4.79 Å². The number of benzene rings is 1. The monoisotopic (exact) mass is 259 g/mol. The number of likely N-dealkylation sites (N-methyl/N-ethyl adjacent to an activating group) is 1. The number of hydrogen-bond acceptors (Lipinski definition) is 4. The van der Waals surface area contributed by atoms with Crippen molar-refractivity contribution in [2.75, 3.05) is 27.2 Å². The lowest BCUT2D eigenvalue weighted by Gasteiger charge is -2.28. The summed E-state index contributed by atoms with van der Waals surface area (Å²) >= 11 is 0. The molecule has 3 rings (SSSR count). The van der Waals surface area contributed by atoms with Crippen LogP contribution in [0, 0.1) is 0 Å². The molecule has 1 saturated heterocycles. The number of aliphatic imine (C=N–C) groups is 1. The van der Waals surface area contributed by atoms with Crippen LogP contribution in [0.1, 0.15) is 12.0 Å². The van der Waals surface area contributed by atoms with E-state index in [9.17, 15) is 4.79 Å². The van der Waals surface area contributed by atoms with Crippen LogP contribution < -0.4 is 10.1 Å². The first-order valence-corrected chi connectivity index (χ1v) is 6.39. The molecule has 1 spiro atoms. The van der Waals surface area contributed by atoms with E-state index in [0.29, 0.717) is 5.71 Å². The quantitative estimate of drug-likeness (QED) is 0.848. The van der Waals surface area contributed by atoms with Crippen LogP contribution in [0.15, 0.2) is 29.3 Å². The first-order valence-electron chi connectivity index (χ1n) is 6.39. The summed E-state index contributed by atoms with van der Waals surface area (Å²) in [6.45, 7) is 1.63. The Balaban J connectivity index is 1.97. The Labute approximate surface area is 112 Å². The van der Waals surface area contributed by atoms with Crippen LogP contribution >= 0.6 is 0 Å². The van der Waals surface area contributed by atoms with Crippen molar-refractivity contribution < 1.29 is 9.53 Å². The number of ether oxygens (including phenoxy) is 1. The molecule has 1 fully saturated rings. The van der Waals surface area contributed by atoms with E-state index in [2.05, 4.69) is 5.32 Å². The van der Waals surface area contributed by atoms with Crippen LogP contribution in [0.25, 0.3) is 0 Å². The highest BCUT2D eigenvalue weighted by Crippen LogP contribution is 2.31. The van der Waals surface area contributed by atoms with Gasteiger partial charge in [0.2, 0.25) is 0 Å². The maximum atomic E-state index is 12.4. The molecule has 5 nitrogen and oxygen atoms in total. The third-order valence-electron chi connectivity index (χ3n) is 3.93. The van der Waals surface area contributed by atoms with Crippen molar-refractivity contribution in [2.24, 2.45) is 4.99 Å². The minimum absolute atomic E-state index is 0.00568. The number of carbonyl (C=O) groups is 1. The number of carbonyl (C=O) groups excluding carboxylic acids is 1. The molecule has 1 N–H and O–H groups in total. The molecule has 0 aliphatic carbocycles. The summed E-state index contributed by atoms with van der Waals surface area (Å²) in [6, 6.07) is 7.46. The van der Waals surface area contributed by atoms with Gasteiger partial charge < -0.3 is 15.0 Å². The van der Waals surface area contributed by atoms with Gasteiger partial charge in [-0.05, 0) is 30.8 Å². The lowest BCUT2D eigenvalue weighted by atomic mass is 10.1. The average Bonchev–Trinajstić information content (AvgIpc) is 3.01. The van der Waals surface area contributed by atoms with Crippen molar-refractivity contribution in [3.63, 3.8) is 0 Å². The van der Waals surface area contributed by atoms with Crippen molar-refractivity contribution in [1.82, 2.24) is 10.2 Å². The van der Waals surface area contributed by atoms with Crippen molar-refractivity contribution in [3.05, 3.63) is 29.8 Å². The summed E-state index contributed by atoms with van der Waals surface area (Å²) in [5.41, 5.74) is 1.02. The van der Waals surface area contributed by atoms with Gasteiger partial charge in [0.05, 0.1) is 7.11 Å². The normalized spacial score (nSPS) is 26.1. The van der Waals surface area contributed by atoms with Gasteiger partial charge >= 0.3 is 0 Å². The Morgan fingerprint density at radius 2 is 2.11 bits per heavy atom. The fourth-order valence-electron chi connectivity index (χ4n) is 2.66. The predicted octanol–water partition coefficient (Wildman–Crippen LogP) is 0.646. The summed E-state index contributed by atoms with van der Waals surface area (Å²) in [7, 11) is 3.45. The SMILES string of the molecule is COc1ccc(C2=N[C@@]3(CCNC3)N(C)C2=O)cc1. The van der Waals surface area contributed by atoms with Gasteiger partial charge in [-0.1, -0.05) is 0 Å². The van der Waals surface area contributed by atoms with Crippen molar-refractivity contribution >= 4 is 11.6 Å². The van der Waals surface area contributed by atoms with Crippen LogP contribution in [-0.2, 0) is 4.79 Å². The van der Waals surface area contributed by atoms with E-state index < -0.39 is 0 Å². The van der Waals surface area contributed by atoms with Crippen LogP contribution in [0.4, 0.5) is 0 Å². The molecule has 0 radical (unpaired) electrons. The Bertz CT molecular complexity index is 530. The second-order valence-corrected chi connectivity index (χ2v) is 4.96. The van der Waals surface area contributed by atoms with E-state index in [1.54, 1.807) is 12.0 Å².